The number of halogens is 1. The van der Waals surface area contributed by atoms with Crippen LogP contribution in [0.25, 0.3) is 6.08 Å². The van der Waals surface area contributed by atoms with E-state index >= 15 is 0 Å². The molecule has 1 rings (SSSR count). The first kappa shape index (κ1) is 13.8. The van der Waals surface area contributed by atoms with Gasteiger partial charge >= 0.3 is 5.97 Å². The van der Waals surface area contributed by atoms with Crippen LogP contribution >= 0.6 is 0 Å². The summed E-state index contributed by atoms with van der Waals surface area (Å²) < 4.78 is 17.1. The molecule has 0 bridgehead atoms. The van der Waals surface area contributed by atoms with E-state index in [4.69, 9.17) is 0 Å². The first-order valence-corrected chi connectivity index (χ1v) is 5.27. The fraction of sp³-hybridized carbons (Fsp3) is 0.143. The largest absolute Gasteiger partial charge is 0.466 e. The van der Waals surface area contributed by atoms with E-state index in [9.17, 15) is 14.0 Å². The van der Waals surface area contributed by atoms with Gasteiger partial charge < -0.3 is 4.74 Å². The molecule has 4 heteroatoms. The van der Waals surface area contributed by atoms with Crippen molar-refractivity contribution < 1.29 is 18.7 Å². The van der Waals surface area contributed by atoms with E-state index < -0.39 is 17.6 Å². The van der Waals surface area contributed by atoms with Gasteiger partial charge in [0.25, 0.3) is 0 Å². The van der Waals surface area contributed by atoms with Crippen LogP contribution in [0.2, 0.25) is 0 Å². The van der Waals surface area contributed by atoms with Gasteiger partial charge in [-0.15, -0.1) is 0 Å². The van der Waals surface area contributed by atoms with E-state index in [1.807, 2.05) is 0 Å². The average molecular weight is 248 g/mol. The Morgan fingerprint density at radius 1 is 1.28 bits per heavy atom. The minimum Gasteiger partial charge on any atom is -0.466 e. The molecule has 0 saturated carbocycles. The molecular weight excluding hydrogens is 235 g/mol. The summed E-state index contributed by atoms with van der Waals surface area (Å²) in [6.45, 7) is 1.20. The Balaban J connectivity index is 3.07. The lowest BCUT2D eigenvalue weighted by Gasteiger charge is -2.01. The lowest BCUT2D eigenvalue weighted by molar-refractivity contribution is -0.134. The van der Waals surface area contributed by atoms with Crippen molar-refractivity contribution in [3.05, 3.63) is 53.4 Å². The van der Waals surface area contributed by atoms with Crippen molar-refractivity contribution in [3.8, 4) is 0 Å². The number of benzene rings is 1. The second kappa shape index (κ2) is 6.49. The van der Waals surface area contributed by atoms with Crippen LogP contribution in [0.1, 0.15) is 22.8 Å². The van der Waals surface area contributed by atoms with Gasteiger partial charge in [0.15, 0.2) is 5.78 Å². The fourth-order valence-electron chi connectivity index (χ4n) is 1.35. The summed E-state index contributed by atoms with van der Waals surface area (Å²) in [5.74, 6) is -1.53. The number of rotatable bonds is 4. The Bertz CT molecular complexity index is 512. The minimum absolute atomic E-state index is 0.328. The zero-order chi connectivity index (χ0) is 13.5. The molecule has 3 nitrogen and oxygen atoms in total. The summed E-state index contributed by atoms with van der Waals surface area (Å²) in [4.78, 5) is 22.7. The lowest BCUT2D eigenvalue weighted by Crippen LogP contribution is -1.99. The second-order valence-corrected chi connectivity index (χ2v) is 3.54. The Kier molecular flexibility index (Phi) is 4.99. The Morgan fingerprint density at radius 3 is 2.56 bits per heavy atom. The van der Waals surface area contributed by atoms with E-state index in [2.05, 4.69) is 4.74 Å². The molecule has 0 fully saturated rings. The molecule has 0 spiro atoms. The van der Waals surface area contributed by atoms with E-state index in [-0.39, 0.29) is 0 Å². The summed E-state index contributed by atoms with van der Waals surface area (Å²) in [6.07, 6.45) is 3.57. The average Bonchev–Trinajstić information content (AvgIpc) is 2.35. The van der Waals surface area contributed by atoms with Gasteiger partial charge in [0.1, 0.15) is 5.83 Å². The highest BCUT2D eigenvalue weighted by molar-refractivity contribution is 6.07. The highest BCUT2D eigenvalue weighted by atomic mass is 19.1. The topological polar surface area (TPSA) is 43.4 Å². The molecule has 0 aliphatic heterocycles. The smallest absolute Gasteiger partial charge is 0.330 e. The van der Waals surface area contributed by atoms with E-state index in [0.717, 1.165) is 6.08 Å². The van der Waals surface area contributed by atoms with E-state index in [1.54, 1.807) is 24.3 Å². The van der Waals surface area contributed by atoms with Crippen LogP contribution in [0.3, 0.4) is 0 Å². The van der Waals surface area contributed by atoms with Crippen molar-refractivity contribution in [1.29, 1.82) is 0 Å². The molecular formula is C14H13FO3. The molecule has 0 radical (unpaired) electrons. The monoisotopic (exact) mass is 248 g/mol. The molecule has 18 heavy (non-hydrogen) atoms. The zero-order valence-electron chi connectivity index (χ0n) is 10.1. The quantitative estimate of drug-likeness (QED) is 0.467. The van der Waals surface area contributed by atoms with Crippen LogP contribution in [0, 0.1) is 0 Å². The minimum atomic E-state index is -0.563. The van der Waals surface area contributed by atoms with Gasteiger partial charge in [0.05, 0.1) is 7.11 Å². The third kappa shape index (κ3) is 3.97. The van der Waals surface area contributed by atoms with E-state index in [0.29, 0.717) is 11.1 Å². The number of carbonyl (C=O) groups is 2. The lowest BCUT2D eigenvalue weighted by atomic mass is 10.0. The molecule has 0 atom stereocenters. The number of carbonyl (C=O) groups excluding carboxylic acids is 2. The Morgan fingerprint density at radius 2 is 1.94 bits per heavy atom. The molecule has 0 N–H and O–H groups in total. The Hall–Kier alpha value is -2.23. The zero-order valence-corrected chi connectivity index (χ0v) is 10.1. The summed E-state index contributed by atoms with van der Waals surface area (Å²) >= 11 is 0. The predicted molar refractivity (Wildman–Crippen MR) is 66.7 cm³/mol. The third-order valence-corrected chi connectivity index (χ3v) is 2.16. The van der Waals surface area contributed by atoms with Crippen molar-refractivity contribution in [3.63, 3.8) is 0 Å². The predicted octanol–water partition coefficient (Wildman–Crippen LogP) is 2.93. The van der Waals surface area contributed by atoms with Gasteiger partial charge in [0, 0.05) is 17.7 Å². The van der Waals surface area contributed by atoms with E-state index in [1.165, 1.54) is 26.2 Å². The fourth-order valence-corrected chi connectivity index (χ4v) is 1.35. The van der Waals surface area contributed by atoms with Crippen molar-refractivity contribution in [2.75, 3.05) is 7.11 Å². The van der Waals surface area contributed by atoms with Crippen molar-refractivity contribution in [1.82, 2.24) is 0 Å². The number of hydrogen-bond acceptors (Lipinski definition) is 3. The van der Waals surface area contributed by atoms with Gasteiger partial charge in [0.2, 0.25) is 0 Å². The molecule has 0 aliphatic carbocycles. The molecule has 0 saturated heterocycles. The maximum absolute atomic E-state index is 12.7. The first-order chi connectivity index (χ1) is 8.54. The van der Waals surface area contributed by atoms with Gasteiger partial charge in [-0.1, -0.05) is 24.3 Å². The van der Waals surface area contributed by atoms with Crippen LogP contribution in [-0.4, -0.2) is 18.9 Å². The summed E-state index contributed by atoms with van der Waals surface area (Å²) in [6, 6.07) is 6.62. The maximum atomic E-state index is 12.7. The van der Waals surface area contributed by atoms with Gasteiger partial charge in [-0.05, 0) is 18.6 Å². The SMILES string of the molecule is COC(=O)/C=C/c1ccccc1C(=O)C=C(C)F. The molecule has 0 heterocycles. The molecule has 94 valence electrons. The van der Waals surface area contributed by atoms with Gasteiger partial charge in [-0.3, -0.25) is 4.79 Å². The number of ether oxygens (including phenoxy) is 1. The number of ketones is 1. The van der Waals surface area contributed by atoms with Crippen molar-refractivity contribution >= 4 is 17.8 Å². The summed E-state index contributed by atoms with van der Waals surface area (Å²) in [5, 5.41) is 0. The third-order valence-electron chi connectivity index (χ3n) is 2.16. The number of methoxy groups -OCH3 is 1. The molecule has 1 aromatic carbocycles. The normalized spacial score (nSPS) is 11.6. The van der Waals surface area contributed by atoms with Crippen LogP contribution in [-0.2, 0) is 9.53 Å². The molecule has 0 unspecified atom stereocenters. The Labute approximate surface area is 105 Å². The number of allylic oxidation sites excluding steroid dienone is 2. The summed E-state index contributed by atoms with van der Waals surface area (Å²) in [7, 11) is 1.26. The standard InChI is InChI=1S/C14H13FO3/c1-10(15)9-13(16)12-6-4-3-5-11(12)7-8-14(17)18-2/h3-9H,1-2H3/b8-7+,10-9?. The molecule has 0 aromatic heterocycles. The maximum Gasteiger partial charge on any atom is 0.330 e. The van der Waals surface area contributed by atoms with Crippen molar-refractivity contribution in [2.45, 2.75) is 6.92 Å². The molecule has 0 aliphatic rings. The van der Waals surface area contributed by atoms with Crippen LogP contribution in [0.15, 0.2) is 42.2 Å². The van der Waals surface area contributed by atoms with Gasteiger partial charge in [-0.25, -0.2) is 9.18 Å². The van der Waals surface area contributed by atoms with Crippen LogP contribution in [0.4, 0.5) is 4.39 Å². The highest BCUT2D eigenvalue weighted by Crippen LogP contribution is 2.13. The van der Waals surface area contributed by atoms with Crippen LogP contribution in [0.5, 0.6) is 0 Å². The summed E-state index contributed by atoms with van der Waals surface area (Å²) in [5.41, 5.74) is 0.861. The highest BCUT2D eigenvalue weighted by Gasteiger charge is 2.07. The molecule has 0 amide bonds. The van der Waals surface area contributed by atoms with Crippen molar-refractivity contribution in [2.24, 2.45) is 0 Å². The number of hydrogen-bond donors (Lipinski definition) is 0. The first-order valence-electron chi connectivity index (χ1n) is 5.27. The van der Waals surface area contributed by atoms with Crippen LogP contribution < -0.4 is 0 Å². The van der Waals surface area contributed by atoms with Gasteiger partial charge in [-0.2, -0.15) is 0 Å². The molecule has 1 aromatic rings. The second-order valence-electron chi connectivity index (χ2n) is 3.54. The number of esters is 1.